The zero-order valence-corrected chi connectivity index (χ0v) is 16.4. The van der Waals surface area contributed by atoms with Crippen LogP contribution in [0.1, 0.15) is 26.4 Å². The summed E-state index contributed by atoms with van der Waals surface area (Å²) < 4.78 is 48.4. The number of Topliss-reactive ketones (excluding diaryl/α,β-unsaturated/α-hetero) is 1. The second-order valence-corrected chi connectivity index (χ2v) is 6.52. The van der Waals surface area contributed by atoms with Gasteiger partial charge in [-0.1, -0.05) is 6.07 Å². The highest BCUT2D eigenvalue weighted by Gasteiger charge is 2.30. The van der Waals surface area contributed by atoms with Crippen LogP contribution in [0.25, 0.3) is 0 Å². The fourth-order valence-electron chi connectivity index (χ4n) is 2.60. The van der Waals surface area contributed by atoms with Crippen molar-refractivity contribution in [3.8, 4) is 5.75 Å². The van der Waals surface area contributed by atoms with Crippen LogP contribution in [-0.2, 0) is 15.7 Å². The molecule has 1 heterocycles. The molecule has 166 valence electrons. The molecule has 0 spiro atoms. The average molecular weight is 446 g/mol. The Balaban J connectivity index is 1.47. The zero-order valence-electron chi connectivity index (χ0n) is 16.4. The minimum Gasteiger partial charge on any atom is -0.484 e. The molecule has 1 aromatic heterocycles. The highest BCUT2D eigenvalue weighted by molar-refractivity contribution is 5.98. The number of alkyl halides is 3. The molecule has 7 nitrogen and oxygen atoms in total. The van der Waals surface area contributed by atoms with Crippen molar-refractivity contribution in [3.63, 3.8) is 0 Å². The van der Waals surface area contributed by atoms with Gasteiger partial charge in [-0.2, -0.15) is 13.2 Å². The molecule has 0 aliphatic rings. The number of carbonyl (C=O) groups excluding carboxylic acids is 3. The van der Waals surface area contributed by atoms with Crippen molar-refractivity contribution in [2.24, 2.45) is 0 Å². The number of ether oxygens (including phenoxy) is 2. The predicted molar refractivity (Wildman–Crippen MR) is 107 cm³/mol. The molecule has 0 aliphatic carbocycles. The van der Waals surface area contributed by atoms with E-state index in [-0.39, 0.29) is 22.8 Å². The molecule has 0 saturated heterocycles. The van der Waals surface area contributed by atoms with E-state index < -0.39 is 36.8 Å². The number of nitrogens with one attached hydrogen (secondary N) is 2. The lowest BCUT2D eigenvalue weighted by molar-refractivity contribution is -0.137. The van der Waals surface area contributed by atoms with Gasteiger partial charge >= 0.3 is 12.1 Å². The van der Waals surface area contributed by atoms with E-state index in [1.807, 2.05) is 0 Å². The Hall–Kier alpha value is -4.08. The number of esters is 1. The Morgan fingerprint density at radius 1 is 0.938 bits per heavy atom. The SMILES string of the molecule is O=C(COc1ccc(C(=O)OCC(=O)c2ccc[nH]2)cc1)Nc1cccc(C(F)(F)F)c1. The summed E-state index contributed by atoms with van der Waals surface area (Å²) in [6.07, 6.45) is -2.94. The molecule has 0 atom stereocenters. The summed E-state index contributed by atoms with van der Waals surface area (Å²) >= 11 is 0. The average Bonchev–Trinajstić information content (AvgIpc) is 3.31. The summed E-state index contributed by atoms with van der Waals surface area (Å²) in [6.45, 7) is -0.877. The van der Waals surface area contributed by atoms with E-state index in [1.54, 1.807) is 18.3 Å². The van der Waals surface area contributed by atoms with Crippen LogP contribution in [0.2, 0.25) is 0 Å². The second-order valence-electron chi connectivity index (χ2n) is 6.52. The molecule has 0 saturated carbocycles. The first kappa shape index (κ1) is 22.6. The van der Waals surface area contributed by atoms with Gasteiger partial charge in [0, 0.05) is 11.9 Å². The quantitative estimate of drug-likeness (QED) is 0.401. The Morgan fingerprint density at radius 2 is 1.69 bits per heavy atom. The first-order chi connectivity index (χ1) is 15.2. The normalized spacial score (nSPS) is 11.0. The maximum absolute atomic E-state index is 12.7. The lowest BCUT2D eigenvalue weighted by atomic mass is 10.2. The van der Waals surface area contributed by atoms with Crippen LogP contribution < -0.4 is 10.1 Å². The number of carbonyl (C=O) groups is 3. The minimum absolute atomic E-state index is 0.0135. The number of H-pyrrole nitrogens is 1. The summed E-state index contributed by atoms with van der Waals surface area (Å²) in [6, 6.07) is 13.1. The van der Waals surface area contributed by atoms with Crippen molar-refractivity contribution in [3.05, 3.63) is 83.7 Å². The van der Waals surface area contributed by atoms with E-state index in [9.17, 15) is 27.6 Å². The summed E-state index contributed by atoms with van der Waals surface area (Å²) in [4.78, 5) is 38.5. The molecule has 1 amide bonds. The number of halogens is 3. The molecule has 3 aromatic rings. The van der Waals surface area contributed by atoms with Gasteiger partial charge in [0.1, 0.15) is 5.75 Å². The first-order valence-electron chi connectivity index (χ1n) is 9.26. The number of anilines is 1. The van der Waals surface area contributed by atoms with Gasteiger partial charge in [0.25, 0.3) is 5.91 Å². The second kappa shape index (κ2) is 9.82. The monoisotopic (exact) mass is 446 g/mol. The van der Waals surface area contributed by atoms with Gasteiger partial charge in [0.05, 0.1) is 16.8 Å². The van der Waals surface area contributed by atoms with E-state index in [0.29, 0.717) is 5.69 Å². The van der Waals surface area contributed by atoms with E-state index >= 15 is 0 Å². The van der Waals surface area contributed by atoms with Crippen LogP contribution in [0.15, 0.2) is 66.9 Å². The molecular formula is C22H17F3N2O5. The number of ketones is 1. The summed E-state index contributed by atoms with van der Waals surface area (Å²) in [5.41, 5.74) is -0.399. The molecule has 10 heteroatoms. The lowest BCUT2D eigenvalue weighted by Crippen LogP contribution is -2.20. The Bertz CT molecular complexity index is 1090. The largest absolute Gasteiger partial charge is 0.484 e. The van der Waals surface area contributed by atoms with Crippen LogP contribution in [0.4, 0.5) is 18.9 Å². The van der Waals surface area contributed by atoms with Crippen molar-refractivity contribution in [1.29, 1.82) is 0 Å². The molecule has 0 radical (unpaired) electrons. The smallest absolute Gasteiger partial charge is 0.416 e. The molecule has 0 unspecified atom stereocenters. The Kier molecular flexibility index (Phi) is 6.93. The van der Waals surface area contributed by atoms with Crippen molar-refractivity contribution in [1.82, 2.24) is 4.98 Å². The highest BCUT2D eigenvalue weighted by Crippen LogP contribution is 2.30. The predicted octanol–water partition coefficient (Wildman–Crippen LogP) is 4.09. The van der Waals surface area contributed by atoms with Gasteiger partial charge in [0.2, 0.25) is 5.78 Å². The van der Waals surface area contributed by atoms with Crippen molar-refractivity contribution < 1.29 is 37.0 Å². The summed E-state index contributed by atoms with van der Waals surface area (Å²) in [5.74, 6) is -1.49. The summed E-state index contributed by atoms with van der Waals surface area (Å²) in [7, 11) is 0. The van der Waals surface area contributed by atoms with E-state index in [4.69, 9.17) is 9.47 Å². The van der Waals surface area contributed by atoms with Crippen LogP contribution in [0.3, 0.4) is 0 Å². The lowest BCUT2D eigenvalue weighted by Gasteiger charge is -2.11. The van der Waals surface area contributed by atoms with Gasteiger partial charge in [-0.15, -0.1) is 0 Å². The van der Waals surface area contributed by atoms with Crippen molar-refractivity contribution in [2.45, 2.75) is 6.18 Å². The van der Waals surface area contributed by atoms with Gasteiger partial charge < -0.3 is 19.8 Å². The number of benzene rings is 2. The molecule has 0 aliphatic heterocycles. The Labute approximate surface area is 180 Å². The standard InChI is InChI=1S/C22H17F3N2O5/c23-22(24,25)15-3-1-4-16(11-15)27-20(29)13-31-17-8-6-14(7-9-17)21(30)32-12-19(28)18-5-2-10-26-18/h1-11,26H,12-13H2,(H,27,29). The van der Waals surface area contributed by atoms with E-state index in [0.717, 1.165) is 12.1 Å². The number of hydrogen-bond donors (Lipinski definition) is 2. The van der Waals surface area contributed by atoms with E-state index in [2.05, 4.69) is 10.3 Å². The number of amides is 1. The van der Waals surface area contributed by atoms with Gasteiger partial charge in [-0.05, 0) is 54.6 Å². The third-order valence-electron chi connectivity index (χ3n) is 4.17. The fourth-order valence-corrected chi connectivity index (χ4v) is 2.60. The van der Waals surface area contributed by atoms with Crippen LogP contribution in [-0.4, -0.2) is 35.9 Å². The van der Waals surface area contributed by atoms with Crippen LogP contribution >= 0.6 is 0 Å². The third kappa shape index (κ3) is 6.21. The topological polar surface area (TPSA) is 97.5 Å². The minimum atomic E-state index is -4.52. The maximum Gasteiger partial charge on any atom is 0.416 e. The van der Waals surface area contributed by atoms with Crippen LogP contribution in [0, 0.1) is 0 Å². The van der Waals surface area contributed by atoms with Gasteiger partial charge in [-0.3, -0.25) is 9.59 Å². The number of hydrogen-bond acceptors (Lipinski definition) is 5. The molecule has 2 aromatic carbocycles. The third-order valence-corrected chi connectivity index (χ3v) is 4.17. The molecule has 2 N–H and O–H groups in total. The van der Waals surface area contributed by atoms with Crippen LogP contribution in [0.5, 0.6) is 5.75 Å². The van der Waals surface area contributed by atoms with Crippen molar-refractivity contribution in [2.75, 3.05) is 18.5 Å². The van der Waals surface area contributed by atoms with Crippen molar-refractivity contribution >= 4 is 23.3 Å². The number of rotatable bonds is 8. The van der Waals surface area contributed by atoms with E-state index in [1.165, 1.54) is 36.4 Å². The molecule has 0 bridgehead atoms. The van der Waals surface area contributed by atoms with Gasteiger partial charge in [0.15, 0.2) is 13.2 Å². The Morgan fingerprint density at radius 3 is 2.34 bits per heavy atom. The maximum atomic E-state index is 12.7. The molecular weight excluding hydrogens is 429 g/mol. The number of aromatic nitrogens is 1. The van der Waals surface area contributed by atoms with Gasteiger partial charge in [-0.25, -0.2) is 4.79 Å². The zero-order chi connectivity index (χ0) is 23.1. The highest BCUT2D eigenvalue weighted by atomic mass is 19.4. The summed E-state index contributed by atoms with van der Waals surface area (Å²) in [5, 5.41) is 2.32. The molecule has 32 heavy (non-hydrogen) atoms. The molecule has 3 rings (SSSR count). The first-order valence-corrected chi connectivity index (χ1v) is 9.26. The number of aromatic amines is 1. The molecule has 0 fully saturated rings. The fraction of sp³-hybridized carbons (Fsp3) is 0.136.